The van der Waals surface area contributed by atoms with Crippen LogP contribution in [0, 0.1) is 31.5 Å². The molecule has 0 saturated carbocycles. The Morgan fingerprint density at radius 1 is 1.41 bits per heavy atom. The molecule has 1 atom stereocenters. The Kier molecular flexibility index (Phi) is 5.83. The van der Waals surface area contributed by atoms with E-state index < -0.39 is 11.7 Å². The summed E-state index contributed by atoms with van der Waals surface area (Å²) in [7, 11) is 1.74. The van der Waals surface area contributed by atoms with Crippen molar-refractivity contribution >= 4 is 28.4 Å². The van der Waals surface area contributed by atoms with Crippen LogP contribution in [0.25, 0.3) is 10.9 Å². The molecule has 1 aromatic heterocycles. The quantitative estimate of drug-likeness (QED) is 0.780. The number of fused-ring (bicyclic) bond motifs is 1. The number of H-pyrrole nitrogens is 1. The zero-order chi connectivity index (χ0) is 21.3. The first kappa shape index (κ1) is 20.7. The maximum Gasteiger partial charge on any atom is 0.298 e. The van der Waals surface area contributed by atoms with Crippen LogP contribution in [-0.4, -0.2) is 47.9 Å². The molecule has 154 valence electrons. The van der Waals surface area contributed by atoms with Gasteiger partial charge in [0.05, 0.1) is 16.8 Å². The number of rotatable bonds is 3. The second-order valence-electron chi connectivity index (χ2n) is 7.56. The average molecular weight is 398 g/mol. The van der Waals surface area contributed by atoms with Gasteiger partial charge in [-0.3, -0.25) is 9.59 Å². The molecule has 2 amide bonds. The number of hydrogen-bond acceptors (Lipinski definition) is 3. The summed E-state index contributed by atoms with van der Waals surface area (Å²) in [6, 6.07) is 1.15. The summed E-state index contributed by atoms with van der Waals surface area (Å²) in [5.74, 6) is 4.09. The van der Waals surface area contributed by atoms with Crippen LogP contribution in [0.4, 0.5) is 10.1 Å². The number of anilines is 1. The minimum Gasteiger partial charge on any atom is -0.367 e. The van der Waals surface area contributed by atoms with E-state index in [4.69, 9.17) is 5.73 Å². The van der Waals surface area contributed by atoms with Gasteiger partial charge >= 0.3 is 0 Å². The van der Waals surface area contributed by atoms with E-state index in [9.17, 15) is 9.59 Å². The lowest BCUT2D eigenvalue weighted by Gasteiger charge is -2.38. The van der Waals surface area contributed by atoms with E-state index in [1.165, 1.54) is 6.07 Å². The molecule has 29 heavy (non-hydrogen) atoms. The van der Waals surface area contributed by atoms with Crippen molar-refractivity contribution in [2.24, 2.45) is 5.73 Å². The van der Waals surface area contributed by atoms with Crippen LogP contribution in [-0.2, 0) is 4.79 Å². The summed E-state index contributed by atoms with van der Waals surface area (Å²) in [6.07, 6.45) is 2.28. The number of carbonyl (C=O) groups is 2. The molecule has 7 heteroatoms. The highest BCUT2D eigenvalue weighted by Gasteiger charge is 2.30. The summed E-state index contributed by atoms with van der Waals surface area (Å²) in [4.78, 5) is 30.9. The SMILES string of the molecule is CCC#CC(=O)N(C)C1CCCN(c2c(F)cc(C(N)=O)c3[nH]c(C)c(C)c23)C1. The highest BCUT2D eigenvalue weighted by Crippen LogP contribution is 2.37. The normalized spacial score (nSPS) is 16.4. The van der Waals surface area contributed by atoms with Crippen LogP contribution < -0.4 is 10.6 Å². The Morgan fingerprint density at radius 2 is 2.14 bits per heavy atom. The summed E-state index contributed by atoms with van der Waals surface area (Å²) in [6.45, 7) is 6.86. The summed E-state index contributed by atoms with van der Waals surface area (Å²) in [5, 5.41) is 0.678. The first-order chi connectivity index (χ1) is 13.8. The molecular formula is C22H27FN4O2. The third-order valence-electron chi connectivity index (χ3n) is 5.72. The fraction of sp³-hybridized carbons (Fsp3) is 0.455. The average Bonchev–Trinajstić information content (AvgIpc) is 2.99. The third kappa shape index (κ3) is 3.80. The molecule has 0 bridgehead atoms. The minimum atomic E-state index is -0.668. The zero-order valence-electron chi connectivity index (χ0n) is 17.4. The van der Waals surface area contributed by atoms with Crippen LogP contribution in [0.5, 0.6) is 0 Å². The van der Waals surface area contributed by atoms with Gasteiger partial charge in [0.25, 0.3) is 11.8 Å². The van der Waals surface area contributed by atoms with Crippen molar-refractivity contribution in [2.75, 3.05) is 25.0 Å². The van der Waals surface area contributed by atoms with Crippen molar-refractivity contribution in [3.8, 4) is 11.8 Å². The minimum absolute atomic E-state index is 0.0620. The van der Waals surface area contributed by atoms with Gasteiger partial charge in [-0.15, -0.1) is 0 Å². The lowest BCUT2D eigenvalue weighted by atomic mass is 9.99. The lowest BCUT2D eigenvalue weighted by molar-refractivity contribution is -0.126. The van der Waals surface area contributed by atoms with E-state index in [2.05, 4.69) is 16.8 Å². The van der Waals surface area contributed by atoms with E-state index in [0.29, 0.717) is 36.1 Å². The van der Waals surface area contributed by atoms with E-state index in [-0.39, 0.29) is 17.5 Å². The Hall–Kier alpha value is -3.01. The van der Waals surface area contributed by atoms with Crippen LogP contribution in [0.3, 0.4) is 0 Å². The molecule has 0 radical (unpaired) electrons. The number of aromatic nitrogens is 1. The van der Waals surface area contributed by atoms with Crippen molar-refractivity contribution < 1.29 is 14.0 Å². The smallest absolute Gasteiger partial charge is 0.298 e. The monoisotopic (exact) mass is 398 g/mol. The van der Waals surface area contributed by atoms with Crippen LogP contribution in [0.15, 0.2) is 6.07 Å². The molecule has 2 heterocycles. The first-order valence-electron chi connectivity index (χ1n) is 9.88. The zero-order valence-corrected chi connectivity index (χ0v) is 17.4. The number of carbonyl (C=O) groups excluding carboxylic acids is 2. The second-order valence-corrected chi connectivity index (χ2v) is 7.56. The number of aryl methyl sites for hydroxylation is 2. The Morgan fingerprint density at radius 3 is 2.79 bits per heavy atom. The van der Waals surface area contributed by atoms with E-state index in [1.54, 1.807) is 11.9 Å². The molecule has 1 aromatic carbocycles. The molecule has 3 N–H and O–H groups in total. The number of halogens is 1. The predicted molar refractivity (Wildman–Crippen MR) is 112 cm³/mol. The molecule has 0 aliphatic carbocycles. The van der Waals surface area contributed by atoms with Crippen molar-refractivity contribution in [2.45, 2.75) is 46.1 Å². The maximum atomic E-state index is 15.2. The van der Waals surface area contributed by atoms with E-state index in [1.807, 2.05) is 25.7 Å². The number of likely N-dealkylation sites (N-methyl/N-ethyl adjacent to an activating group) is 1. The molecule has 0 spiro atoms. The fourth-order valence-corrected chi connectivity index (χ4v) is 4.00. The van der Waals surface area contributed by atoms with Gasteiger partial charge < -0.3 is 20.5 Å². The summed E-state index contributed by atoms with van der Waals surface area (Å²) < 4.78 is 15.2. The first-order valence-corrected chi connectivity index (χ1v) is 9.88. The Labute approximate surface area is 170 Å². The Bertz CT molecular complexity index is 1030. The lowest BCUT2D eigenvalue weighted by Crippen LogP contribution is -2.48. The molecule has 1 aliphatic heterocycles. The van der Waals surface area contributed by atoms with Crippen LogP contribution >= 0.6 is 0 Å². The van der Waals surface area contributed by atoms with Gasteiger partial charge in [-0.1, -0.05) is 12.8 Å². The summed E-state index contributed by atoms with van der Waals surface area (Å²) >= 11 is 0. The van der Waals surface area contributed by atoms with Crippen LogP contribution in [0.2, 0.25) is 0 Å². The molecule has 1 unspecified atom stereocenters. The van der Waals surface area contributed by atoms with Crippen molar-refractivity contribution in [1.29, 1.82) is 0 Å². The highest BCUT2D eigenvalue weighted by atomic mass is 19.1. The second kappa shape index (κ2) is 8.16. The Balaban J connectivity index is 2.02. The van der Waals surface area contributed by atoms with Gasteiger partial charge in [-0.05, 0) is 44.2 Å². The van der Waals surface area contributed by atoms with Gasteiger partial charge in [0.2, 0.25) is 0 Å². The standard InChI is InChI=1S/C22H27FN4O2/c1-5-6-9-18(28)26(4)15-8-7-10-27(12-15)21-17(23)11-16(22(24)29)20-19(21)13(2)14(3)25-20/h11,15,25H,5,7-8,10,12H2,1-4H3,(H2,24,29). The van der Waals surface area contributed by atoms with Crippen molar-refractivity contribution in [3.05, 3.63) is 28.7 Å². The number of amides is 2. The maximum absolute atomic E-state index is 15.2. The van der Waals surface area contributed by atoms with Gasteiger partial charge in [0, 0.05) is 43.7 Å². The van der Waals surface area contributed by atoms with Crippen molar-refractivity contribution in [3.63, 3.8) is 0 Å². The number of benzene rings is 1. The number of nitrogens with two attached hydrogens (primary N) is 1. The molecule has 2 aromatic rings. The molecule has 1 saturated heterocycles. The topological polar surface area (TPSA) is 82.4 Å². The number of hydrogen-bond donors (Lipinski definition) is 2. The number of nitrogens with one attached hydrogen (secondary N) is 1. The van der Waals surface area contributed by atoms with Gasteiger partial charge in [-0.2, -0.15) is 0 Å². The molecule has 6 nitrogen and oxygen atoms in total. The van der Waals surface area contributed by atoms with E-state index >= 15 is 4.39 Å². The number of nitrogens with zero attached hydrogens (tertiary/aromatic N) is 2. The fourth-order valence-electron chi connectivity index (χ4n) is 4.00. The number of piperidine rings is 1. The molecular weight excluding hydrogens is 371 g/mol. The van der Waals surface area contributed by atoms with Crippen molar-refractivity contribution in [1.82, 2.24) is 9.88 Å². The van der Waals surface area contributed by atoms with Gasteiger partial charge in [-0.25, -0.2) is 4.39 Å². The predicted octanol–water partition coefficient (Wildman–Crippen LogP) is 2.86. The number of aromatic amines is 1. The largest absolute Gasteiger partial charge is 0.367 e. The van der Waals surface area contributed by atoms with Gasteiger partial charge in [0.15, 0.2) is 0 Å². The van der Waals surface area contributed by atoms with Crippen LogP contribution in [0.1, 0.15) is 47.8 Å². The number of primary amides is 1. The van der Waals surface area contributed by atoms with Gasteiger partial charge in [0.1, 0.15) is 5.82 Å². The molecule has 3 rings (SSSR count). The molecule has 1 aliphatic rings. The summed E-state index contributed by atoms with van der Waals surface area (Å²) in [5.41, 5.74) is 8.39. The van der Waals surface area contributed by atoms with E-state index in [0.717, 1.165) is 24.1 Å². The third-order valence-corrected chi connectivity index (χ3v) is 5.72. The molecule has 1 fully saturated rings. The highest BCUT2D eigenvalue weighted by molar-refractivity contribution is 6.10.